The third kappa shape index (κ3) is 2.91. The average Bonchev–Trinajstić information content (AvgIpc) is 2.37. The summed E-state index contributed by atoms with van der Waals surface area (Å²) in [6.07, 6.45) is 0. The second-order valence-corrected chi connectivity index (χ2v) is 3.42. The summed E-state index contributed by atoms with van der Waals surface area (Å²) in [6.45, 7) is 4.28. The van der Waals surface area contributed by atoms with E-state index < -0.39 is 0 Å². The van der Waals surface area contributed by atoms with Crippen LogP contribution in [0.25, 0.3) is 5.76 Å². The Hall–Kier alpha value is -1.68. The molecule has 1 rings (SSSR count). The van der Waals surface area contributed by atoms with Crippen LogP contribution in [0.1, 0.15) is 11.1 Å². The van der Waals surface area contributed by atoms with E-state index in [-0.39, 0.29) is 0 Å². The molecule has 0 saturated carbocycles. The predicted molar refractivity (Wildman–Crippen MR) is 66.3 cm³/mol. The van der Waals surface area contributed by atoms with Gasteiger partial charge in [-0.1, -0.05) is 6.58 Å². The van der Waals surface area contributed by atoms with Crippen LogP contribution in [0.4, 0.5) is 0 Å². The molecule has 0 unspecified atom stereocenters. The molecule has 94 valence electrons. The summed E-state index contributed by atoms with van der Waals surface area (Å²) in [4.78, 5) is 0. The normalized spacial score (nSPS) is 9.88. The fourth-order valence-electron chi connectivity index (χ4n) is 1.56. The highest BCUT2D eigenvalue weighted by atomic mass is 16.5. The monoisotopic (exact) mass is 238 g/mol. The van der Waals surface area contributed by atoms with Crippen LogP contribution in [-0.2, 0) is 16.1 Å². The van der Waals surface area contributed by atoms with E-state index in [1.165, 1.54) is 0 Å². The minimum absolute atomic E-state index is 0.456. The van der Waals surface area contributed by atoms with E-state index in [0.717, 1.165) is 16.9 Å². The largest absolute Gasteiger partial charge is 0.497 e. The van der Waals surface area contributed by atoms with Gasteiger partial charge in [0.05, 0.1) is 33.5 Å². The van der Waals surface area contributed by atoms with Crippen molar-refractivity contribution >= 4 is 5.76 Å². The van der Waals surface area contributed by atoms with Gasteiger partial charge in [0.25, 0.3) is 0 Å². The van der Waals surface area contributed by atoms with Gasteiger partial charge >= 0.3 is 0 Å². The zero-order valence-electron chi connectivity index (χ0n) is 10.7. The topological polar surface area (TPSA) is 36.9 Å². The SMILES string of the molecule is C=C(OC)c1cc(COC)c(OC)cc1OC. The number of ether oxygens (including phenoxy) is 4. The van der Waals surface area contributed by atoms with Crippen LogP contribution in [-0.4, -0.2) is 28.4 Å². The van der Waals surface area contributed by atoms with E-state index in [9.17, 15) is 0 Å². The van der Waals surface area contributed by atoms with Gasteiger partial charge in [0, 0.05) is 18.7 Å². The molecule has 0 spiro atoms. The van der Waals surface area contributed by atoms with Gasteiger partial charge in [0.15, 0.2) is 0 Å². The molecule has 4 nitrogen and oxygen atoms in total. The Morgan fingerprint density at radius 3 is 2.18 bits per heavy atom. The van der Waals surface area contributed by atoms with Crippen LogP contribution in [0.5, 0.6) is 11.5 Å². The van der Waals surface area contributed by atoms with Crippen LogP contribution in [0.3, 0.4) is 0 Å². The highest BCUT2D eigenvalue weighted by molar-refractivity contribution is 5.66. The molecule has 0 radical (unpaired) electrons. The molecule has 0 aliphatic carbocycles. The van der Waals surface area contributed by atoms with Gasteiger partial charge in [-0.25, -0.2) is 0 Å². The Morgan fingerprint density at radius 2 is 1.71 bits per heavy atom. The predicted octanol–water partition coefficient (Wildman–Crippen LogP) is 2.47. The Labute approximate surface area is 102 Å². The number of hydrogen-bond donors (Lipinski definition) is 0. The Bertz CT molecular complexity index is 399. The van der Waals surface area contributed by atoms with Crippen LogP contribution < -0.4 is 9.47 Å². The summed E-state index contributed by atoms with van der Waals surface area (Å²) >= 11 is 0. The van der Waals surface area contributed by atoms with Crippen LogP contribution >= 0.6 is 0 Å². The van der Waals surface area contributed by atoms with Gasteiger partial charge in [0.1, 0.15) is 17.3 Å². The molecule has 0 amide bonds. The molecular weight excluding hydrogens is 220 g/mol. The van der Waals surface area contributed by atoms with Crippen molar-refractivity contribution < 1.29 is 18.9 Å². The number of hydrogen-bond acceptors (Lipinski definition) is 4. The molecule has 1 aromatic carbocycles. The lowest BCUT2D eigenvalue weighted by molar-refractivity contribution is 0.181. The van der Waals surface area contributed by atoms with Gasteiger partial charge in [-0.2, -0.15) is 0 Å². The second kappa shape index (κ2) is 6.15. The standard InChI is InChI=1S/C13H18O4/c1-9(15-3)11-6-10(8-14-2)12(16-4)7-13(11)17-5/h6-7H,1,8H2,2-5H3. The third-order valence-electron chi connectivity index (χ3n) is 2.45. The molecule has 0 aliphatic heterocycles. The van der Waals surface area contributed by atoms with Crippen molar-refractivity contribution in [2.24, 2.45) is 0 Å². The first-order chi connectivity index (χ1) is 8.17. The molecule has 0 atom stereocenters. The van der Waals surface area contributed by atoms with E-state index in [2.05, 4.69) is 6.58 Å². The summed E-state index contributed by atoms with van der Waals surface area (Å²) in [6, 6.07) is 3.70. The zero-order chi connectivity index (χ0) is 12.8. The van der Waals surface area contributed by atoms with Gasteiger partial charge in [-0.3, -0.25) is 0 Å². The van der Waals surface area contributed by atoms with E-state index in [1.54, 1.807) is 34.5 Å². The molecule has 4 heteroatoms. The van der Waals surface area contributed by atoms with Gasteiger partial charge in [-0.15, -0.1) is 0 Å². The molecular formula is C13H18O4. The molecule has 1 aromatic rings. The van der Waals surface area contributed by atoms with Crippen molar-refractivity contribution in [3.8, 4) is 11.5 Å². The lowest BCUT2D eigenvalue weighted by Crippen LogP contribution is -1.99. The highest BCUT2D eigenvalue weighted by Crippen LogP contribution is 2.33. The fraction of sp³-hybridized carbons (Fsp3) is 0.385. The molecule has 17 heavy (non-hydrogen) atoms. The first kappa shape index (κ1) is 13.4. The third-order valence-corrected chi connectivity index (χ3v) is 2.45. The lowest BCUT2D eigenvalue weighted by Gasteiger charge is -2.15. The second-order valence-electron chi connectivity index (χ2n) is 3.42. The van der Waals surface area contributed by atoms with Crippen molar-refractivity contribution in [1.29, 1.82) is 0 Å². The number of benzene rings is 1. The Balaban J connectivity index is 3.28. The fourth-order valence-corrected chi connectivity index (χ4v) is 1.56. The van der Waals surface area contributed by atoms with Gasteiger partial charge in [0.2, 0.25) is 0 Å². The Morgan fingerprint density at radius 1 is 1.06 bits per heavy atom. The van der Waals surface area contributed by atoms with Crippen molar-refractivity contribution in [1.82, 2.24) is 0 Å². The van der Waals surface area contributed by atoms with Gasteiger partial charge in [-0.05, 0) is 6.07 Å². The quantitative estimate of drug-likeness (QED) is 0.713. The first-order valence-corrected chi connectivity index (χ1v) is 5.15. The zero-order valence-corrected chi connectivity index (χ0v) is 10.7. The lowest BCUT2D eigenvalue weighted by atomic mass is 10.1. The molecule has 0 fully saturated rings. The van der Waals surface area contributed by atoms with Crippen molar-refractivity contribution in [3.63, 3.8) is 0 Å². The molecule has 0 aromatic heterocycles. The summed E-state index contributed by atoms with van der Waals surface area (Å²) in [5.74, 6) is 1.92. The van der Waals surface area contributed by atoms with Crippen molar-refractivity contribution in [3.05, 3.63) is 29.8 Å². The van der Waals surface area contributed by atoms with Crippen LogP contribution in [0, 0.1) is 0 Å². The first-order valence-electron chi connectivity index (χ1n) is 5.15. The minimum Gasteiger partial charge on any atom is -0.497 e. The van der Waals surface area contributed by atoms with E-state index in [4.69, 9.17) is 18.9 Å². The van der Waals surface area contributed by atoms with E-state index in [0.29, 0.717) is 18.1 Å². The molecule has 0 saturated heterocycles. The number of methoxy groups -OCH3 is 4. The van der Waals surface area contributed by atoms with E-state index >= 15 is 0 Å². The van der Waals surface area contributed by atoms with E-state index in [1.807, 2.05) is 6.07 Å². The average molecular weight is 238 g/mol. The number of rotatable bonds is 6. The maximum atomic E-state index is 5.28. The molecule has 0 heterocycles. The van der Waals surface area contributed by atoms with Crippen molar-refractivity contribution in [2.45, 2.75) is 6.61 Å². The van der Waals surface area contributed by atoms with Crippen LogP contribution in [0.15, 0.2) is 18.7 Å². The minimum atomic E-state index is 0.456. The summed E-state index contributed by atoms with van der Waals surface area (Å²) in [5.41, 5.74) is 1.71. The summed E-state index contributed by atoms with van der Waals surface area (Å²) in [7, 11) is 6.41. The van der Waals surface area contributed by atoms with Crippen LogP contribution in [0.2, 0.25) is 0 Å². The van der Waals surface area contributed by atoms with Crippen molar-refractivity contribution in [2.75, 3.05) is 28.4 Å². The summed E-state index contributed by atoms with van der Waals surface area (Å²) < 4.78 is 20.8. The maximum absolute atomic E-state index is 5.28. The Kier molecular flexibility index (Phi) is 4.84. The van der Waals surface area contributed by atoms with Gasteiger partial charge < -0.3 is 18.9 Å². The maximum Gasteiger partial charge on any atom is 0.133 e. The highest BCUT2D eigenvalue weighted by Gasteiger charge is 2.13. The smallest absolute Gasteiger partial charge is 0.133 e. The summed E-state index contributed by atoms with van der Waals surface area (Å²) in [5, 5.41) is 0. The molecule has 0 aliphatic rings. The molecule has 0 bridgehead atoms. The molecule has 0 N–H and O–H groups in total.